The van der Waals surface area contributed by atoms with E-state index in [9.17, 15) is 4.79 Å². The molecule has 0 aromatic heterocycles. The molecule has 104 valence electrons. The fourth-order valence-electron chi connectivity index (χ4n) is 2.01. The smallest absolute Gasteiger partial charge is 0.266 e. The van der Waals surface area contributed by atoms with Crippen molar-refractivity contribution < 1.29 is 4.79 Å². The van der Waals surface area contributed by atoms with Crippen molar-refractivity contribution in [2.75, 3.05) is 6.54 Å². The van der Waals surface area contributed by atoms with E-state index in [4.69, 9.17) is 5.26 Å². The molecule has 0 N–H and O–H groups in total. The number of hydrogen-bond donors (Lipinski definition) is 0. The summed E-state index contributed by atoms with van der Waals surface area (Å²) in [5, 5.41) is 9.04. The Balaban J connectivity index is 2.17. The maximum absolute atomic E-state index is 12.2. The van der Waals surface area contributed by atoms with E-state index in [2.05, 4.69) is 6.58 Å². The molecule has 0 spiro atoms. The zero-order chi connectivity index (χ0) is 15.1. The van der Waals surface area contributed by atoms with Crippen LogP contribution in [0.3, 0.4) is 0 Å². The molecule has 2 rings (SSSR count). The molecule has 3 nitrogen and oxygen atoms in total. The van der Waals surface area contributed by atoms with E-state index >= 15 is 0 Å². The lowest BCUT2D eigenvalue weighted by Gasteiger charge is -2.12. The van der Waals surface area contributed by atoms with Crippen molar-refractivity contribution in [2.24, 2.45) is 0 Å². The van der Waals surface area contributed by atoms with E-state index < -0.39 is 0 Å². The van der Waals surface area contributed by atoms with Crippen LogP contribution in [0.15, 0.2) is 67.3 Å². The molecule has 2 aromatic rings. The summed E-state index contributed by atoms with van der Waals surface area (Å²) in [5.74, 6) is -0.279. The molecule has 21 heavy (non-hydrogen) atoms. The molecule has 0 unspecified atom stereocenters. The number of amides is 1. The summed E-state index contributed by atoms with van der Waals surface area (Å²) < 4.78 is 0. The summed E-state index contributed by atoms with van der Waals surface area (Å²) in [7, 11) is 0. The first-order chi connectivity index (χ1) is 10.3. The van der Waals surface area contributed by atoms with Gasteiger partial charge in [0.05, 0.1) is 0 Å². The molecule has 0 saturated heterocycles. The van der Waals surface area contributed by atoms with Crippen molar-refractivity contribution in [3.63, 3.8) is 0 Å². The Morgan fingerprint density at radius 2 is 1.71 bits per heavy atom. The number of nitriles is 1. The number of benzene rings is 2. The van der Waals surface area contributed by atoms with Gasteiger partial charge in [0.15, 0.2) is 6.19 Å². The van der Waals surface area contributed by atoms with Crippen molar-refractivity contribution in [2.45, 2.75) is 6.42 Å². The molecule has 2 aromatic carbocycles. The predicted molar refractivity (Wildman–Crippen MR) is 83.3 cm³/mol. The predicted octanol–water partition coefficient (Wildman–Crippen LogP) is 3.85. The van der Waals surface area contributed by atoms with E-state index in [0.29, 0.717) is 18.5 Å². The Morgan fingerprint density at radius 3 is 2.29 bits per heavy atom. The van der Waals surface area contributed by atoms with Crippen LogP contribution >= 0.6 is 0 Å². The molecule has 0 bridgehead atoms. The van der Waals surface area contributed by atoms with E-state index in [1.54, 1.807) is 18.2 Å². The van der Waals surface area contributed by atoms with Gasteiger partial charge >= 0.3 is 0 Å². The van der Waals surface area contributed by atoms with Crippen molar-refractivity contribution in [3.8, 4) is 17.3 Å². The third-order valence-corrected chi connectivity index (χ3v) is 3.16. The van der Waals surface area contributed by atoms with Gasteiger partial charge in [0.2, 0.25) is 0 Å². The maximum Gasteiger partial charge on any atom is 0.266 e. The van der Waals surface area contributed by atoms with Gasteiger partial charge in [-0.2, -0.15) is 5.26 Å². The number of rotatable bonds is 5. The van der Waals surface area contributed by atoms with Gasteiger partial charge in [0.25, 0.3) is 5.91 Å². The summed E-state index contributed by atoms with van der Waals surface area (Å²) in [4.78, 5) is 13.4. The molecular weight excluding hydrogens is 260 g/mol. The molecule has 0 radical (unpaired) electrons. The fourth-order valence-corrected chi connectivity index (χ4v) is 2.01. The van der Waals surface area contributed by atoms with Crippen LogP contribution in [0.25, 0.3) is 11.1 Å². The largest absolute Gasteiger partial charge is 0.268 e. The van der Waals surface area contributed by atoms with Crippen molar-refractivity contribution in [1.82, 2.24) is 4.90 Å². The minimum atomic E-state index is -0.279. The zero-order valence-corrected chi connectivity index (χ0v) is 11.7. The highest BCUT2D eigenvalue weighted by atomic mass is 16.2. The second kappa shape index (κ2) is 7.06. The summed E-state index contributed by atoms with van der Waals surface area (Å²) >= 11 is 0. The highest BCUT2D eigenvalue weighted by Gasteiger charge is 2.14. The van der Waals surface area contributed by atoms with Crippen LogP contribution in [0.1, 0.15) is 16.8 Å². The van der Waals surface area contributed by atoms with Crippen LogP contribution in [0.4, 0.5) is 0 Å². The quantitative estimate of drug-likeness (QED) is 0.473. The Labute approximate surface area is 124 Å². The van der Waals surface area contributed by atoms with Crippen molar-refractivity contribution >= 4 is 5.91 Å². The van der Waals surface area contributed by atoms with Gasteiger partial charge in [-0.15, -0.1) is 6.58 Å². The van der Waals surface area contributed by atoms with Gasteiger partial charge in [0, 0.05) is 12.1 Å². The van der Waals surface area contributed by atoms with Crippen LogP contribution in [0.5, 0.6) is 0 Å². The lowest BCUT2D eigenvalue weighted by molar-refractivity contribution is 0.0834. The standard InChI is InChI=1S/C18H16N2O/c1-2-3-13-20(14-19)18(21)17-11-9-16(10-12-17)15-7-5-4-6-8-15/h2,4-12H,1,3,13H2. The Kier molecular flexibility index (Phi) is 4.89. The normalized spacial score (nSPS) is 9.67. The van der Waals surface area contributed by atoms with Crippen LogP contribution in [-0.4, -0.2) is 17.4 Å². The second-order valence-electron chi connectivity index (χ2n) is 4.58. The molecule has 0 aliphatic carbocycles. The van der Waals surface area contributed by atoms with Gasteiger partial charge in [0.1, 0.15) is 0 Å². The number of hydrogen-bond acceptors (Lipinski definition) is 2. The molecule has 0 aliphatic heterocycles. The van der Waals surface area contributed by atoms with E-state index in [-0.39, 0.29) is 5.91 Å². The Hall–Kier alpha value is -2.86. The second-order valence-corrected chi connectivity index (χ2v) is 4.58. The third kappa shape index (κ3) is 3.58. The van der Waals surface area contributed by atoms with Crippen LogP contribution in [-0.2, 0) is 0 Å². The summed E-state index contributed by atoms with van der Waals surface area (Å²) in [5.41, 5.74) is 2.65. The first kappa shape index (κ1) is 14.5. The Bertz CT molecular complexity index is 654. The van der Waals surface area contributed by atoms with Gasteiger partial charge in [-0.3, -0.25) is 4.79 Å². The fraction of sp³-hybridized carbons (Fsp3) is 0.111. The van der Waals surface area contributed by atoms with Gasteiger partial charge in [-0.25, -0.2) is 4.90 Å². The maximum atomic E-state index is 12.2. The highest BCUT2D eigenvalue weighted by Crippen LogP contribution is 2.19. The molecular formula is C18H16N2O. The monoisotopic (exact) mass is 276 g/mol. The SMILES string of the molecule is C=CCCN(C#N)C(=O)c1ccc(-c2ccccc2)cc1. The van der Waals surface area contributed by atoms with Gasteiger partial charge in [-0.1, -0.05) is 48.5 Å². The minimum absolute atomic E-state index is 0.279. The van der Waals surface area contributed by atoms with Crippen LogP contribution in [0, 0.1) is 11.5 Å². The molecule has 0 saturated carbocycles. The third-order valence-electron chi connectivity index (χ3n) is 3.16. The average Bonchev–Trinajstić information content (AvgIpc) is 2.56. The van der Waals surface area contributed by atoms with E-state index in [1.165, 1.54) is 0 Å². The Morgan fingerprint density at radius 1 is 1.10 bits per heavy atom. The number of nitrogens with zero attached hydrogens (tertiary/aromatic N) is 2. The zero-order valence-electron chi connectivity index (χ0n) is 11.7. The lowest BCUT2D eigenvalue weighted by Crippen LogP contribution is -2.26. The topological polar surface area (TPSA) is 44.1 Å². The first-order valence-electron chi connectivity index (χ1n) is 6.74. The first-order valence-corrected chi connectivity index (χ1v) is 6.74. The van der Waals surface area contributed by atoms with E-state index in [0.717, 1.165) is 16.0 Å². The van der Waals surface area contributed by atoms with Gasteiger partial charge in [-0.05, 0) is 29.7 Å². The summed E-state index contributed by atoms with van der Waals surface area (Å²) in [6.45, 7) is 3.96. The van der Waals surface area contributed by atoms with Gasteiger partial charge < -0.3 is 0 Å². The lowest BCUT2D eigenvalue weighted by atomic mass is 10.0. The molecule has 0 fully saturated rings. The summed E-state index contributed by atoms with van der Waals surface area (Å²) in [6.07, 6.45) is 4.21. The molecule has 3 heteroatoms. The number of carbonyl (C=O) groups excluding carboxylic acids is 1. The number of carbonyl (C=O) groups is 1. The summed E-state index contributed by atoms with van der Waals surface area (Å²) in [6, 6.07) is 17.2. The minimum Gasteiger partial charge on any atom is -0.268 e. The molecule has 0 atom stereocenters. The van der Waals surface area contributed by atoms with E-state index in [1.807, 2.05) is 48.7 Å². The molecule has 0 heterocycles. The average molecular weight is 276 g/mol. The van der Waals surface area contributed by atoms with Crippen molar-refractivity contribution in [3.05, 3.63) is 72.8 Å². The van der Waals surface area contributed by atoms with Crippen molar-refractivity contribution in [1.29, 1.82) is 5.26 Å². The van der Waals surface area contributed by atoms with Crippen LogP contribution < -0.4 is 0 Å². The highest BCUT2D eigenvalue weighted by molar-refractivity contribution is 5.95. The molecule has 0 aliphatic rings. The van der Waals surface area contributed by atoms with Crippen LogP contribution in [0.2, 0.25) is 0 Å². The molecule has 1 amide bonds.